The van der Waals surface area contributed by atoms with E-state index in [1.807, 2.05) is 5.38 Å². The van der Waals surface area contributed by atoms with Gasteiger partial charge in [0.05, 0.1) is 15.8 Å². The number of hydrogen-bond donors (Lipinski definition) is 2. The molecular weight excluding hydrogens is 303 g/mol. The van der Waals surface area contributed by atoms with Crippen molar-refractivity contribution in [3.63, 3.8) is 0 Å². The van der Waals surface area contributed by atoms with Gasteiger partial charge in [0, 0.05) is 12.6 Å². The number of benzene rings is 1. The molecule has 0 aliphatic carbocycles. The molecular formula is C12H12BrFN2S. The second-order valence-corrected chi connectivity index (χ2v) is 5.30. The van der Waals surface area contributed by atoms with E-state index in [0.29, 0.717) is 15.8 Å². The smallest absolute Gasteiger partial charge is 0.139 e. The van der Waals surface area contributed by atoms with E-state index in [0.717, 1.165) is 13.0 Å². The maximum Gasteiger partial charge on any atom is 0.139 e. The number of nitrogens with one attached hydrogen (secondary N) is 1. The topological polar surface area (TPSA) is 38.0 Å². The molecule has 0 aliphatic heterocycles. The van der Waals surface area contributed by atoms with Gasteiger partial charge in [0.2, 0.25) is 0 Å². The zero-order valence-electron chi connectivity index (χ0n) is 9.04. The van der Waals surface area contributed by atoms with E-state index in [4.69, 9.17) is 5.73 Å². The van der Waals surface area contributed by atoms with E-state index in [9.17, 15) is 4.39 Å². The summed E-state index contributed by atoms with van der Waals surface area (Å²) < 4.78 is 13.7. The molecule has 0 bridgehead atoms. The van der Waals surface area contributed by atoms with Crippen LogP contribution in [0.4, 0.5) is 15.8 Å². The fourth-order valence-electron chi connectivity index (χ4n) is 1.49. The van der Waals surface area contributed by atoms with Gasteiger partial charge in [-0.05, 0) is 50.8 Å². The van der Waals surface area contributed by atoms with Gasteiger partial charge in [0.25, 0.3) is 0 Å². The van der Waals surface area contributed by atoms with Gasteiger partial charge in [-0.25, -0.2) is 4.39 Å². The fraction of sp³-hybridized carbons (Fsp3) is 0.167. The number of nitrogens with two attached hydrogens (primary N) is 1. The Morgan fingerprint density at radius 1 is 1.41 bits per heavy atom. The monoisotopic (exact) mass is 314 g/mol. The summed E-state index contributed by atoms with van der Waals surface area (Å²) >= 11 is 4.77. The largest absolute Gasteiger partial charge is 0.397 e. The first-order valence-electron chi connectivity index (χ1n) is 5.16. The Bertz CT molecular complexity index is 499. The van der Waals surface area contributed by atoms with Crippen LogP contribution in [-0.2, 0) is 6.42 Å². The number of thiophene rings is 1. The van der Waals surface area contributed by atoms with Crippen molar-refractivity contribution in [2.75, 3.05) is 17.6 Å². The highest BCUT2D eigenvalue weighted by Crippen LogP contribution is 2.26. The van der Waals surface area contributed by atoms with Crippen LogP contribution in [0.2, 0.25) is 0 Å². The first-order chi connectivity index (χ1) is 8.16. The van der Waals surface area contributed by atoms with Crippen molar-refractivity contribution < 1.29 is 4.39 Å². The van der Waals surface area contributed by atoms with Gasteiger partial charge in [0.15, 0.2) is 0 Å². The van der Waals surface area contributed by atoms with Crippen molar-refractivity contribution in [2.45, 2.75) is 6.42 Å². The third-order valence-electron chi connectivity index (χ3n) is 2.40. The van der Waals surface area contributed by atoms with Crippen molar-refractivity contribution in [1.82, 2.24) is 0 Å². The molecule has 2 nitrogen and oxygen atoms in total. The van der Waals surface area contributed by atoms with Crippen molar-refractivity contribution in [3.05, 3.63) is 44.8 Å². The molecule has 0 atom stereocenters. The molecule has 1 heterocycles. The molecule has 0 spiro atoms. The predicted molar refractivity (Wildman–Crippen MR) is 75.0 cm³/mol. The van der Waals surface area contributed by atoms with Crippen LogP contribution in [-0.4, -0.2) is 6.54 Å². The molecule has 0 aliphatic rings. The Hall–Kier alpha value is -1.07. The van der Waals surface area contributed by atoms with Gasteiger partial charge in [-0.15, -0.1) is 0 Å². The Morgan fingerprint density at radius 3 is 2.94 bits per heavy atom. The maximum atomic E-state index is 13.3. The van der Waals surface area contributed by atoms with Crippen LogP contribution >= 0.6 is 27.3 Å². The minimum absolute atomic E-state index is 0.308. The molecule has 0 saturated carbocycles. The molecule has 0 unspecified atom stereocenters. The SMILES string of the molecule is Nc1cc(Br)c(F)cc1NCCc1ccsc1. The third kappa shape index (κ3) is 3.20. The maximum absolute atomic E-state index is 13.3. The molecule has 2 aromatic rings. The quantitative estimate of drug-likeness (QED) is 0.840. The number of rotatable bonds is 4. The Labute approximate surface area is 112 Å². The lowest BCUT2D eigenvalue weighted by atomic mass is 10.2. The summed E-state index contributed by atoms with van der Waals surface area (Å²) in [4.78, 5) is 0. The molecule has 1 aromatic heterocycles. The highest BCUT2D eigenvalue weighted by Gasteiger charge is 2.05. The zero-order chi connectivity index (χ0) is 12.3. The fourth-order valence-corrected chi connectivity index (χ4v) is 2.56. The summed E-state index contributed by atoms with van der Waals surface area (Å²) in [5.74, 6) is -0.308. The van der Waals surface area contributed by atoms with Crippen molar-refractivity contribution in [2.24, 2.45) is 0 Å². The van der Waals surface area contributed by atoms with Crippen LogP contribution < -0.4 is 11.1 Å². The van der Waals surface area contributed by atoms with Crippen LogP contribution in [0.3, 0.4) is 0 Å². The second kappa shape index (κ2) is 5.51. The molecule has 0 saturated heterocycles. The molecule has 0 amide bonds. The summed E-state index contributed by atoms with van der Waals surface area (Å²) in [6.45, 7) is 0.738. The van der Waals surface area contributed by atoms with E-state index in [1.54, 1.807) is 17.4 Å². The third-order valence-corrected chi connectivity index (χ3v) is 3.74. The van der Waals surface area contributed by atoms with Crippen LogP contribution in [0.5, 0.6) is 0 Å². The van der Waals surface area contributed by atoms with Gasteiger partial charge in [-0.2, -0.15) is 11.3 Å². The lowest BCUT2D eigenvalue weighted by molar-refractivity contribution is 0.622. The van der Waals surface area contributed by atoms with Crippen molar-refractivity contribution in [3.8, 4) is 0 Å². The molecule has 5 heteroatoms. The standard InChI is InChI=1S/C12H12BrFN2S/c13-9-5-11(15)12(6-10(9)14)16-3-1-8-2-4-17-7-8/h2,4-7,16H,1,3,15H2. The van der Waals surface area contributed by atoms with Crippen LogP contribution in [0.25, 0.3) is 0 Å². The predicted octanol–water partition coefficient (Wildman–Crippen LogP) is 3.89. The van der Waals surface area contributed by atoms with Crippen molar-refractivity contribution in [1.29, 1.82) is 0 Å². The first kappa shape index (κ1) is 12.4. The molecule has 90 valence electrons. The zero-order valence-corrected chi connectivity index (χ0v) is 11.4. The minimum atomic E-state index is -0.308. The molecule has 0 fully saturated rings. The Kier molecular flexibility index (Phi) is 4.02. The molecule has 0 radical (unpaired) electrons. The van der Waals surface area contributed by atoms with E-state index < -0.39 is 0 Å². The van der Waals surface area contributed by atoms with E-state index in [-0.39, 0.29) is 5.82 Å². The normalized spacial score (nSPS) is 10.5. The van der Waals surface area contributed by atoms with Crippen LogP contribution in [0.15, 0.2) is 33.4 Å². The van der Waals surface area contributed by atoms with Crippen LogP contribution in [0, 0.1) is 5.82 Å². The van der Waals surface area contributed by atoms with Gasteiger partial charge < -0.3 is 11.1 Å². The summed E-state index contributed by atoms with van der Waals surface area (Å²) in [6, 6.07) is 5.06. The highest BCUT2D eigenvalue weighted by atomic mass is 79.9. The van der Waals surface area contributed by atoms with E-state index >= 15 is 0 Å². The summed E-state index contributed by atoms with van der Waals surface area (Å²) in [7, 11) is 0. The molecule has 17 heavy (non-hydrogen) atoms. The van der Waals surface area contributed by atoms with E-state index in [1.165, 1.54) is 11.6 Å². The first-order valence-corrected chi connectivity index (χ1v) is 6.90. The number of hydrogen-bond acceptors (Lipinski definition) is 3. The molecule has 2 rings (SSSR count). The van der Waals surface area contributed by atoms with Gasteiger partial charge in [0.1, 0.15) is 5.82 Å². The average molecular weight is 315 g/mol. The lowest BCUT2D eigenvalue weighted by Gasteiger charge is -2.09. The average Bonchev–Trinajstić information content (AvgIpc) is 2.78. The molecule has 1 aromatic carbocycles. The molecule has 3 N–H and O–H groups in total. The van der Waals surface area contributed by atoms with E-state index in [2.05, 4.69) is 32.7 Å². The summed E-state index contributed by atoms with van der Waals surface area (Å²) in [5.41, 5.74) is 8.25. The second-order valence-electron chi connectivity index (χ2n) is 3.66. The lowest BCUT2D eigenvalue weighted by Crippen LogP contribution is -2.07. The number of anilines is 2. The number of halogens is 2. The van der Waals surface area contributed by atoms with Gasteiger partial charge in [-0.3, -0.25) is 0 Å². The van der Waals surface area contributed by atoms with Gasteiger partial charge in [-0.1, -0.05) is 0 Å². The summed E-state index contributed by atoms with van der Waals surface area (Å²) in [6.07, 6.45) is 0.903. The summed E-state index contributed by atoms with van der Waals surface area (Å²) in [5, 5.41) is 7.29. The van der Waals surface area contributed by atoms with Gasteiger partial charge >= 0.3 is 0 Å². The minimum Gasteiger partial charge on any atom is -0.397 e. The highest BCUT2D eigenvalue weighted by molar-refractivity contribution is 9.10. The Morgan fingerprint density at radius 2 is 2.24 bits per heavy atom. The van der Waals surface area contributed by atoms with Crippen molar-refractivity contribution >= 4 is 38.6 Å². The Balaban J connectivity index is 1.97. The number of nitrogen functional groups attached to an aromatic ring is 1. The van der Waals surface area contributed by atoms with Crippen LogP contribution in [0.1, 0.15) is 5.56 Å².